The van der Waals surface area contributed by atoms with Crippen molar-refractivity contribution in [3.8, 4) is 5.75 Å². The van der Waals surface area contributed by atoms with Crippen LogP contribution in [0.15, 0.2) is 54.6 Å². The zero-order chi connectivity index (χ0) is 15.9. The van der Waals surface area contributed by atoms with E-state index in [-0.39, 0.29) is 24.4 Å². The van der Waals surface area contributed by atoms with Crippen molar-refractivity contribution in [3.05, 3.63) is 65.7 Å². The van der Waals surface area contributed by atoms with Crippen LogP contribution in [0.4, 0.5) is 0 Å². The second kappa shape index (κ2) is 9.30. The summed E-state index contributed by atoms with van der Waals surface area (Å²) in [5.41, 5.74) is 1.74. The zero-order valence-corrected chi connectivity index (χ0v) is 14.4. The third kappa shape index (κ3) is 5.25. The normalized spacial score (nSPS) is 16.8. The topological polar surface area (TPSA) is 50.4 Å². The predicted octanol–water partition coefficient (Wildman–Crippen LogP) is 3.17. The van der Waals surface area contributed by atoms with Crippen molar-refractivity contribution in [2.75, 3.05) is 13.1 Å². The molecule has 1 heterocycles. The van der Waals surface area contributed by atoms with Gasteiger partial charge in [-0.25, -0.2) is 0 Å². The number of para-hydroxylation sites is 1. The Hall–Kier alpha value is -2.04. The highest BCUT2D eigenvalue weighted by atomic mass is 35.5. The molecule has 0 aromatic heterocycles. The van der Waals surface area contributed by atoms with Gasteiger partial charge in [-0.15, -0.1) is 12.4 Å². The Morgan fingerprint density at radius 2 is 1.88 bits per heavy atom. The monoisotopic (exact) mass is 346 g/mol. The van der Waals surface area contributed by atoms with Crippen LogP contribution in [0, 0.1) is 0 Å². The third-order valence-corrected chi connectivity index (χ3v) is 4.00. The van der Waals surface area contributed by atoms with E-state index >= 15 is 0 Å². The van der Waals surface area contributed by atoms with Crippen LogP contribution in [0.2, 0.25) is 0 Å². The minimum Gasteiger partial charge on any atom is -0.489 e. The van der Waals surface area contributed by atoms with Crippen molar-refractivity contribution < 1.29 is 9.53 Å². The first kappa shape index (κ1) is 18.3. The summed E-state index contributed by atoms with van der Waals surface area (Å²) in [7, 11) is 0. The van der Waals surface area contributed by atoms with Gasteiger partial charge < -0.3 is 15.4 Å². The molecule has 1 atom stereocenters. The van der Waals surface area contributed by atoms with Gasteiger partial charge in [0.1, 0.15) is 12.4 Å². The molecule has 2 aromatic rings. The van der Waals surface area contributed by atoms with Gasteiger partial charge in [-0.1, -0.05) is 30.3 Å². The fourth-order valence-corrected chi connectivity index (χ4v) is 2.68. The van der Waals surface area contributed by atoms with E-state index in [4.69, 9.17) is 4.74 Å². The number of rotatable bonds is 5. The molecule has 0 spiro atoms. The van der Waals surface area contributed by atoms with Crippen LogP contribution in [-0.4, -0.2) is 25.0 Å². The summed E-state index contributed by atoms with van der Waals surface area (Å²) in [6, 6.07) is 17.5. The van der Waals surface area contributed by atoms with Gasteiger partial charge in [-0.05, 0) is 49.2 Å². The molecule has 1 aliphatic rings. The average molecular weight is 347 g/mol. The summed E-state index contributed by atoms with van der Waals surface area (Å²) < 4.78 is 5.71. The minimum atomic E-state index is -0.00534. The number of carbonyl (C=O) groups excluding carboxylic acids is 1. The Kier molecular flexibility index (Phi) is 7.09. The zero-order valence-electron chi connectivity index (χ0n) is 13.5. The van der Waals surface area contributed by atoms with Gasteiger partial charge in [0.05, 0.1) is 0 Å². The van der Waals surface area contributed by atoms with Crippen LogP contribution >= 0.6 is 12.4 Å². The van der Waals surface area contributed by atoms with E-state index in [9.17, 15) is 4.79 Å². The van der Waals surface area contributed by atoms with Gasteiger partial charge in [0.25, 0.3) is 5.91 Å². The molecule has 2 N–H and O–H groups in total. The van der Waals surface area contributed by atoms with Gasteiger partial charge in [-0.3, -0.25) is 4.79 Å². The molecule has 1 aliphatic heterocycles. The van der Waals surface area contributed by atoms with Crippen molar-refractivity contribution in [1.29, 1.82) is 0 Å². The van der Waals surface area contributed by atoms with E-state index in [0.29, 0.717) is 12.2 Å². The van der Waals surface area contributed by atoms with Crippen molar-refractivity contribution in [3.63, 3.8) is 0 Å². The second-order valence-corrected chi connectivity index (χ2v) is 5.82. The van der Waals surface area contributed by atoms with E-state index in [2.05, 4.69) is 10.6 Å². The standard InChI is InChI=1S/C19H22N2O2.ClH/c22-19(21-17-5-4-12-20-13-17)16-10-8-15(9-11-16)14-23-18-6-2-1-3-7-18;/h1-3,6-11,17,20H,4-5,12-14H2,(H,21,22);1H. The maximum atomic E-state index is 12.2. The first-order valence-electron chi connectivity index (χ1n) is 8.09. The third-order valence-electron chi connectivity index (χ3n) is 4.00. The van der Waals surface area contributed by atoms with Crippen LogP contribution in [-0.2, 0) is 6.61 Å². The second-order valence-electron chi connectivity index (χ2n) is 5.82. The van der Waals surface area contributed by atoms with Gasteiger partial charge in [0.2, 0.25) is 0 Å². The fraction of sp³-hybridized carbons (Fsp3) is 0.316. The van der Waals surface area contributed by atoms with Crippen LogP contribution in [0.5, 0.6) is 5.75 Å². The lowest BCUT2D eigenvalue weighted by atomic mass is 10.1. The number of benzene rings is 2. The molecular formula is C19H23ClN2O2. The van der Waals surface area contributed by atoms with Crippen LogP contribution in [0.1, 0.15) is 28.8 Å². The summed E-state index contributed by atoms with van der Waals surface area (Å²) >= 11 is 0. The Balaban J connectivity index is 0.00000208. The van der Waals surface area contributed by atoms with Crippen molar-refractivity contribution in [1.82, 2.24) is 10.6 Å². The van der Waals surface area contributed by atoms with E-state index in [1.54, 1.807) is 0 Å². The number of ether oxygens (including phenoxy) is 1. The van der Waals surface area contributed by atoms with Crippen LogP contribution in [0.3, 0.4) is 0 Å². The van der Waals surface area contributed by atoms with E-state index < -0.39 is 0 Å². The Morgan fingerprint density at radius 3 is 2.54 bits per heavy atom. The molecule has 24 heavy (non-hydrogen) atoms. The highest BCUT2D eigenvalue weighted by molar-refractivity contribution is 5.94. The molecule has 4 nitrogen and oxygen atoms in total. The number of halogens is 1. The smallest absolute Gasteiger partial charge is 0.251 e. The summed E-state index contributed by atoms with van der Waals surface area (Å²) in [6.07, 6.45) is 2.16. The van der Waals surface area contributed by atoms with E-state index in [1.165, 1.54) is 0 Å². The van der Waals surface area contributed by atoms with Gasteiger partial charge >= 0.3 is 0 Å². The summed E-state index contributed by atoms with van der Waals surface area (Å²) in [4.78, 5) is 12.2. The lowest BCUT2D eigenvalue weighted by Crippen LogP contribution is -2.45. The molecule has 1 saturated heterocycles. The number of hydrogen-bond acceptors (Lipinski definition) is 3. The highest BCUT2D eigenvalue weighted by Crippen LogP contribution is 2.12. The average Bonchev–Trinajstić information content (AvgIpc) is 2.62. The Morgan fingerprint density at radius 1 is 1.12 bits per heavy atom. The maximum Gasteiger partial charge on any atom is 0.251 e. The largest absolute Gasteiger partial charge is 0.489 e. The Labute approximate surface area is 149 Å². The first-order chi connectivity index (χ1) is 11.3. The van der Waals surface area contributed by atoms with Gasteiger partial charge in [-0.2, -0.15) is 0 Å². The van der Waals surface area contributed by atoms with E-state index in [1.807, 2.05) is 54.6 Å². The number of amides is 1. The highest BCUT2D eigenvalue weighted by Gasteiger charge is 2.16. The molecular weight excluding hydrogens is 324 g/mol. The fourth-order valence-electron chi connectivity index (χ4n) is 2.68. The van der Waals surface area contributed by atoms with Gasteiger partial charge in [0, 0.05) is 18.2 Å². The lowest BCUT2D eigenvalue weighted by Gasteiger charge is -2.23. The molecule has 1 unspecified atom stereocenters. The molecule has 0 aliphatic carbocycles. The first-order valence-corrected chi connectivity index (χ1v) is 8.09. The molecule has 5 heteroatoms. The maximum absolute atomic E-state index is 12.2. The van der Waals surface area contributed by atoms with Crippen molar-refractivity contribution >= 4 is 18.3 Å². The quantitative estimate of drug-likeness (QED) is 0.874. The molecule has 0 radical (unpaired) electrons. The summed E-state index contributed by atoms with van der Waals surface area (Å²) in [5.74, 6) is 0.841. The molecule has 0 bridgehead atoms. The number of nitrogens with one attached hydrogen (secondary N) is 2. The minimum absolute atomic E-state index is 0. The Bertz CT molecular complexity index is 626. The SMILES string of the molecule is Cl.O=C(NC1CCCNC1)c1ccc(COc2ccccc2)cc1. The lowest BCUT2D eigenvalue weighted by molar-refractivity contribution is 0.0930. The molecule has 128 valence electrons. The number of carbonyl (C=O) groups is 1. The molecule has 1 amide bonds. The van der Waals surface area contributed by atoms with Crippen LogP contribution < -0.4 is 15.4 Å². The predicted molar refractivity (Wildman–Crippen MR) is 97.8 cm³/mol. The molecule has 1 fully saturated rings. The van der Waals surface area contributed by atoms with E-state index in [0.717, 1.165) is 37.2 Å². The number of piperidine rings is 1. The summed E-state index contributed by atoms with van der Waals surface area (Å²) in [5, 5.41) is 6.38. The van der Waals surface area contributed by atoms with Gasteiger partial charge in [0.15, 0.2) is 0 Å². The van der Waals surface area contributed by atoms with Crippen molar-refractivity contribution in [2.24, 2.45) is 0 Å². The summed E-state index contributed by atoms with van der Waals surface area (Å²) in [6.45, 7) is 2.40. The number of hydrogen-bond donors (Lipinski definition) is 2. The van der Waals surface area contributed by atoms with Crippen molar-refractivity contribution in [2.45, 2.75) is 25.5 Å². The molecule has 0 saturated carbocycles. The molecule has 2 aromatic carbocycles. The van der Waals surface area contributed by atoms with Crippen LogP contribution in [0.25, 0.3) is 0 Å². The molecule has 3 rings (SSSR count).